The maximum Gasteiger partial charge on any atom is 0.472 e. The summed E-state index contributed by atoms with van der Waals surface area (Å²) in [4.78, 5) is 33.3. The topological polar surface area (TPSA) is 120 Å². The number of hydrogen-bond acceptors (Lipinski definition) is 7. The van der Waals surface area contributed by atoms with Gasteiger partial charge in [0.15, 0.2) is 6.10 Å². The maximum absolute atomic E-state index is 12.2. The predicted octanol–water partition coefficient (Wildman–Crippen LogP) is 7.88. The molecule has 0 saturated heterocycles. The molecule has 0 saturated carbocycles. The Hall–Kier alpha value is -2.19. The van der Waals surface area contributed by atoms with Crippen LogP contribution < -0.4 is 5.32 Å². The number of carbonyl (C=O) groups is 2. The zero-order chi connectivity index (χ0) is 30.7. The molecule has 2 N–H and O–H groups in total. The van der Waals surface area contributed by atoms with Crippen molar-refractivity contribution in [3.63, 3.8) is 0 Å². The van der Waals surface area contributed by atoms with E-state index in [-0.39, 0.29) is 32.3 Å². The summed E-state index contributed by atoms with van der Waals surface area (Å²) in [5, 5.41) is 2.59. The Bertz CT molecular complexity index is 896. The summed E-state index contributed by atoms with van der Waals surface area (Å²) in [6.45, 7) is 2.88. The van der Waals surface area contributed by atoms with Crippen molar-refractivity contribution in [2.45, 2.75) is 116 Å². The van der Waals surface area contributed by atoms with E-state index >= 15 is 0 Å². The van der Waals surface area contributed by atoms with Gasteiger partial charge in [-0.15, -0.1) is 0 Å². The quantitative estimate of drug-likeness (QED) is 0.0446. The number of nitrogens with one attached hydrogen (secondary N) is 1. The smallest absolute Gasteiger partial charge is 0.472 e. The van der Waals surface area contributed by atoms with Crippen LogP contribution in [0.3, 0.4) is 0 Å². The molecule has 42 heavy (non-hydrogen) atoms. The molecule has 0 aromatic heterocycles. The summed E-state index contributed by atoms with van der Waals surface area (Å²) in [5.41, 5.74) is 0.471. The molecule has 1 amide bonds. The van der Waals surface area contributed by atoms with Crippen molar-refractivity contribution in [1.29, 1.82) is 0 Å². The molecular weight excluding hydrogens is 557 g/mol. The molecule has 240 valence electrons. The van der Waals surface area contributed by atoms with Crippen LogP contribution in [0.2, 0.25) is 0 Å². The van der Waals surface area contributed by atoms with Gasteiger partial charge < -0.3 is 19.7 Å². The van der Waals surface area contributed by atoms with Gasteiger partial charge in [0.25, 0.3) is 5.91 Å². The second kappa shape index (κ2) is 25.3. The van der Waals surface area contributed by atoms with Gasteiger partial charge in [0, 0.05) is 19.0 Å². The first-order valence-corrected chi connectivity index (χ1v) is 17.2. The molecule has 0 heterocycles. The number of esters is 1. The van der Waals surface area contributed by atoms with Gasteiger partial charge in [0.2, 0.25) is 0 Å². The van der Waals surface area contributed by atoms with Crippen LogP contribution in [0, 0.1) is 0 Å². The number of rotatable bonds is 27. The molecule has 0 radical (unpaired) electrons. The lowest BCUT2D eigenvalue weighted by Gasteiger charge is -2.18. The SMILES string of the molecule is CCCCCCCCCCCCCCCC/C=C/OC[C@H](COP(=O)(O)OCCNC(=O)c1ccccc1)OC(C)=O. The first kappa shape index (κ1) is 37.8. The van der Waals surface area contributed by atoms with Crippen LogP contribution in [0.15, 0.2) is 42.7 Å². The second-order valence-corrected chi connectivity index (χ2v) is 12.0. The molecule has 2 atom stereocenters. The normalized spacial score (nSPS) is 13.5. The van der Waals surface area contributed by atoms with E-state index in [0.717, 1.165) is 12.8 Å². The maximum atomic E-state index is 12.2. The lowest BCUT2D eigenvalue weighted by atomic mass is 10.0. The molecule has 1 aromatic carbocycles. The third kappa shape index (κ3) is 22.4. The molecule has 1 rings (SSSR count). The lowest BCUT2D eigenvalue weighted by Crippen LogP contribution is -2.28. The molecule has 0 spiro atoms. The fourth-order valence-corrected chi connectivity index (χ4v) is 5.09. The number of carbonyl (C=O) groups excluding carboxylic acids is 2. The van der Waals surface area contributed by atoms with Crippen molar-refractivity contribution in [3.8, 4) is 0 Å². The zero-order valence-corrected chi connectivity index (χ0v) is 26.7. The van der Waals surface area contributed by atoms with Crippen molar-refractivity contribution < 1.29 is 37.6 Å². The number of phosphoric ester groups is 1. The van der Waals surface area contributed by atoms with Gasteiger partial charge in [0.05, 0.1) is 19.5 Å². The fourth-order valence-electron chi connectivity index (χ4n) is 4.34. The first-order valence-electron chi connectivity index (χ1n) is 15.7. The molecule has 9 nitrogen and oxygen atoms in total. The molecule has 0 bridgehead atoms. The fraction of sp³-hybridized carbons (Fsp3) is 0.688. The van der Waals surface area contributed by atoms with Crippen LogP contribution in [0.25, 0.3) is 0 Å². The summed E-state index contributed by atoms with van der Waals surface area (Å²) >= 11 is 0. The van der Waals surface area contributed by atoms with E-state index in [2.05, 4.69) is 12.2 Å². The minimum atomic E-state index is -4.42. The van der Waals surface area contributed by atoms with E-state index in [1.165, 1.54) is 90.4 Å². The third-order valence-corrected chi connectivity index (χ3v) is 7.62. The molecule has 0 aliphatic heterocycles. The Morgan fingerprint density at radius 3 is 2.00 bits per heavy atom. The summed E-state index contributed by atoms with van der Waals surface area (Å²) in [6.07, 6.45) is 22.0. The summed E-state index contributed by atoms with van der Waals surface area (Å²) in [5.74, 6) is -0.881. The van der Waals surface area contributed by atoms with Crippen molar-refractivity contribution in [1.82, 2.24) is 5.32 Å². The number of amides is 1. The first-order chi connectivity index (χ1) is 20.3. The van der Waals surface area contributed by atoms with E-state index in [0.29, 0.717) is 5.56 Å². The molecule has 10 heteroatoms. The standard InChI is InChI=1S/C32H54NO8P/c1-3-4-5-6-7-8-9-10-11-12-13-14-15-16-17-21-25-38-27-31(41-29(2)34)28-40-42(36,37)39-26-24-33-32(35)30-22-19-18-20-23-30/h18-23,25,31H,3-17,24,26-28H2,1-2H3,(H,33,35)(H,36,37)/b25-21+/t31-/m1/s1. The Labute approximate surface area is 253 Å². The van der Waals surface area contributed by atoms with Gasteiger partial charge in [-0.3, -0.25) is 18.6 Å². The average molecular weight is 612 g/mol. The van der Waals surface area contributed by atoms with Gasteiger partial charge in [-0.25, -0.2) is 4.57 Å². The highest BCUT2D eigenvalue weighted by Gasteiger charge is 2.25. The lowest BCUT2D eigenvalue weighted by molar-refractivity contribution is -0.150. The van der Waals surface area contributed by atoms with Crippen molar-refractivity contribution >= 4 is 19.7 Å². The number of ether oxygens (including phenoxy) is 2. The highest BCUT2D eigenvalue weighted by atomic mass is 31.2. The van der Waals surface area contributed by atoms with Gasteiger partial charge in [-0.05, 0) is 31.1 Å². The van der Waals surface area contributed by atoms with E-state index in [1.807, 2.05) is 6.08 Å². The summed E-state index contributed by atoms with van der Waals surface area (Å²) in [6, 6.07) is 8.58. The monoisotopic (exact) mass is 611 g/mol. The Morgan fingerprint density at radius 1 is 0.857 bits per heavy atom. The van der Waals surface area contributed by atoms with Crippen molar-refractivity contribution in [3.05, 3.63) is 48.2 Å². The molecule has 0 aliphatic carbocycles. The average Bonchev–Trinajstić information content (AvgIpc) is 2.97. The van der Waals surface area contributed by atoms with Crippen LogP contribution in [0.5, 0.6) is 0 Å². The molecule has 0 fully saturated rings. The second-order valence-electron chi connectivity index (χ2n) is 10.5. The summed E-state index contributed by atoms with van der Waals surface area (Å²) in [7, 11) is -4.42. The van der Waals surface area contributed by atoms with Crippen molar-refractivity contribution in [2.75, 3.05) is 26.4 Å². The van der Waals surface area contributed by atoms with E-state index in [4.69, 9.17) is 18.5 Å². The molecule has 1 unspecified atom stereocenters. The van der Waals surface area contributed by atoms with E-state index < -0.39 is 19.9 Å². The Kier molecular flexibility index (Phi) is 22.8. The van der Waals surface area contributed by atoms with Gasteiger partial charge >= 0.3 is 13.8 Å². The number of allylic oxidation sites excluding steroid dienone is 1. The number of benzene rings is 1. The van der Waals surface area contributed by atoms with Crippen LogP contribution in [0.1, 0.15) is 121 Å². The van der Waals surface area contributed by atoms with Crippen LogP contribution >= 0.6 is 7.82 Å². The van der Waals surface area contributed by atoms with E-state index in [9.17, 15) is 19.0 Å². The number of phosphoric acid groups is 1. The number of hydrogen-bond donors (Lipinski definition) is 2. The van der Waals surface area contributed by atoms with Crippen LogP contribution in [0.4, 0.5) is 0 Å². The molecule has 1 aromatic rings. The molecule has 0 aliphatic rings. The Morgan fingerprint density at radius 2 is 1.43 bits per heavy atom. The van der Waals surface area contributed by atoms with Gasteiger partial charge in [0.1, 0.15) is 6.61 Å². The van der Waals surface area contributed by atoms with Crippen LogP contribution in [-0.2, 0) is 27.9 Å². The Balaban J connectivity index is 2.08. The number of unbranched alkanes of at least 4 members (excludes halogenated alkanes) is 14. The zero-order valence-electron chi connectivity index (χ0n) is 25.8. The predicted molar refractivity (Wildman–Crippen MR) is 166 cm³/mol. The van der Waals surface area contributed by atoms with Gasteiger partial charge in [-0.1, -0.05) is 109 Å². The highest BCUT2D eigenvalue weighted by molar-refractivity contribution is 7.47. The van der Waals surface area contributed by atoms with Crippen molar-refractivity contribution in [2.24, 2.45) is 0 Å². The van der Waals surface area contributed by atoms with E-state index in [1.54, 1.807) is 36.6 Å². The molecular formula is C32H54NO8P. The minimum Gasteiger partial charge on any atom is -0.498 e. The minimum absolute atomic E-state index is 0.0161. The highest BCUT2D eigenvalue weighted by Crippen LogP contribution is 2.43. The summed E-state index contributed by atoms with van der Waals surface area (Å²) < 4.78 is 32.6. The van der Waals surface area contributed by atoms with Gasteiger partial charge in [-0.2, -0.15) is 0 Å². The van der Waals surface area contributed by atoms with Crippen LogP contribution in [-0.4, -0.2) is 49.2 Å². The third-order valence-electron chi connectivity index (χ3n) is 6.63. The largest absolute Gasteiger partial charge is 0.498 e.